The first kappa shape index (κ1) is 14.4. The number of rotatable bonds is 4. The lowest BCUT2D eigenvalue weighted by Gasteiger charge is -2.31. The van der Waals surface area contributed by atoms with Crippen LogP contribution in [0.5, 0.6) is 0 Å². The van der Waals surface area contributed by atoms with E-state index < -0.39 is 11.6 Å². The Kier molecular flexibility index (Phi) is 4.85. The molecule has 0 aromatic heterocycles. The molecule has 106 valence electrons. The van der Waals surface area contributed by atoms with Gasteiger partial charge in [0.15, 0.2) is 0 Å². The summed E-state index contributed by atoms with van der Waals surface area (Å²) in [6.45, 7) is 5.01. The summed E-state index contributed by atoms with van der Waals surface area (Å²) in [6.07, 6.45) is 0.115. The highest BCUT2D eigenvalue weighted by molar-refractivity contribution is 5.21. The van der Waals surface area contributed by atoms with Crippen LogP contribution in [0.25, 0.3) is 0 Å². The van der Waals surface area contributed by atoms with E-state index in [9.17, 15) is 8.78 Å². The third-order valence-corrected chi connectivity index (χ3v) is 3.57. The Bertz CT molecular complexity index is 422. The molecule has 1 fully saturated rings. The summed E-state index contributed by atoms with van der Waals surface area (Å²) in [6, 6.07) is 3.61. The molecule has 0 radical (unpaired) electrons. The highest BCUT2D eigenvalue weighted by Gasteiger charge is 2.21. The first-order chi connectivity index (χ1) is 9.08. The molecular formula is C14H20F2N2O. The number of morpholine rings is 1. The van der Waals surface area contributed by atoms with Crippen LogP contribution in [0.15, 0.2) is 18.2 Å². The van der Waals surface area contributed by atoms with E-state index in [4.69, 9.17) is 4.74 Å². The molecule has 1 aromatic carbocycles. The fourth-order valence-corrected chi connectivity index (χ4v) is 2.29. The minimum absolute atomic E-state index is 0.115. The van der Waals surface area contributed by atoms with Crippen molar-refractivity contribution >= 4 is 0 Å². The minimum atomic E-state index is -0.545. The zero-order chi connectivity index (χ0) is 13.8. The molecule has 2 rings (SSSR count). The third-order valence-electron chi connectivity index (χ3n) is 3.57. The van der Waals surface area contributed by atoms with Gasteiger partial charge >= 0.3 is 0 Å². The van der Waals surface area contributed by atoms with Gasteiger partial charge in [-0.2, -0.15) is 0 Å². The molecule has 0 spiro atoms. The van der Waals surface area contributed by atoms with Crippen LogP contribution >= 0.6 is 0 Å². The van der Waals surface area contributed by atoms with Crippen LogP contribution in [0, 0.1) is 11.6 Å². The number of ether oxygens (including phenoxy) is 1. The number of hydrogen-bond acceptors (Lipinski definition) is 3. The van der Waals surface area contributed by atoms with Crippen molar-refractivity contribution in [1.82, 2.24) is 10.2 Å². The molecule has 1 aliphatic rings. The predicted octanol–water partition coefficient (Wildman–Crippen LogP) is 1.95. The van der Waals surface area contributed by atoms with E-state index in [1.165, 1.54) is 12.1 Å². The first-order valence-electron chi connectivity index (χ1n) is 6.55. The molecule has 2 unspecified atom stereocenters. The Labute approximate surface area is 112 Å². The lowest BCUT2D eigenvalue weighted by Crippen LogP contribution is -2.44. The summed E-state index contributed by atoms with van der Waals surface area (Å²) in [7, 11) is 1.92. The maximum Gasteiger partial charge on any atom is 0.130 e. The molecule has 1 aliphatic heterocycles. The summed E-state index contributed by atoms with van der Waals surface area (Å²) >= 11 is 0. The van der Waals surface area contributed by atoms with Crippen LogP contribution < -0.4 is 5.32 Å². The van der Waals surface area contributed by atoms with Gasteiger partial charge in [0.1, 0.15) is 11.6 Å². The van der Waals surface area contributed by atoms with Gasteiger partial charge in [-0.25, -0.2) is 8.78 Å². The van der Waals surface area contributed by atoms with Gasteiger partial charge in [0, 0.05) is 37.3 Å². The quantitative estimate of drug-likeness (QED) is 0.905. The van der Waals surface area contributed by atoms with Crippen molar-refractivity contribution in [1.29, 1.82) is 0 Å². The van der Waals surface area contributed by atoms with Crippen molar-refractivity contribution in [2.45, 2.75) is 19.1 Å². The maximum absolute atomic E-state index is 13.7. The van der Waals surface area contributed by atoms with E-state index in [1.54, 1.807) is 0 Å². The number of nitrogens with zero attached hydrogens (tertiary/aromatic N) is 1. The number of halogens is 2. The molecule has 0 bridgehead atoms. The number of likely N-dealkylation sites (N-methyl/N-ethyl adjacent to an activating group) is 1. The highest BCUT2D eigenvalue weighted by atomic mass is 19.1. The van der Waals surface area contributed by atoms with Crippen molar-refractivity contribution < 1.29 is 13.5 Å². The lowest BCUT2D eigenvalue weighted by atomic mass is 10.1. The van der Waals surface area contributed by atoms with Gasteiger partial charge in [-0.1, -0.05) is 6.07 Å². The van der Waals surface area contributed by atoms with Gasteiger partial charge in [-0.15, -0.1) is 0 Å². The number of hydrogen-bond donors (Lipinski definition) is 1. The van der Waals surface area contributed by atoms with Crippen LogP contribution in [0.2, 0.25) is 0 Å². The van der Waals surface area contributed by atoms with Gasteiger partial charge in [-0.05, 0) is 20.0 Å². The highest BCUT2D eigenvalue weighted by Crippen LogP contribution is 2.22. The van der Waals surface area contributed by atoms with E-state index in [0.717, 1.165) is 19.2 Å². The second-order valence-electron chi connectivity index (χ2n) is 4.98. The molecular weight excluding hydrogens is 250 g/mol. The van der Waals surface area contributed by atoms with Gasteiger partial charge in [0.2, 0.25) is 0 Å². The Hall–Kier alpha value is -1.04. The molecule has 3 nitrogen and oxygen atoms in total. The summed E-state index contributed by atoms with van der Waals surface area (Å²) in [4.78, 5) is 2.02. The Morgan fingerprint density at radius 3 is 2.89 bits per heavy atom. The zero-order valence-corrected chi connectivity index (χ0v) is 11.3. The maximum atomic E-state index is 13.7. The van der Waals surface area contributed by atoms with Crippen LogP contribution in [0.4, 0.5) is 8.78 Å². The van der Waals surface area contributed by atoms with Crippen molar-refractivity contribution in [3.8, 4) is 0 Å². The predicted molar refractivity (Wildman–Crippen MR) is 70.0 cm³/mol. The van der Waals surface area contributed by atoms with E-state index in [2.05, 4.69) is 5.32 Å². The van der Waals surface area contributed by atoms with E-state index in [1.807, 2.05) is 18.9 Å². The molecule has 0 amide bonds. The fraction of sp³-hybridized carbons (Fsp3) is 0.571. The molecule has 1 saturated heterocycles. The Morgan fingerprint density at radius 1 is 1.47 bits per heavy atom. The third kappa shape index (κ3) is 3.72. The topological polar surface area (TPSA) is 24.5 Å². The molecule has 0 saturated carbocycles. The normalized spacial score (nSPS) is 21.6. The largest absolute Gasteiger partial charge is 0.374 e. The van der Waals surface area contributed by atoms with Crippen molar-refractivity contribution in [2.75, 3.05) is 33.3 Å². The van der Waals surface area contributed by atoms with Crippen molar-refractivity contribution in [3.05, 3.63) is 35.4 Å². The average molecular weight is 270 g/mol. The lowest BCUT2D eigenvalue weighted by molar-refractivity contribution is 0.00369. The SMILES string of the molecule is CC(c1ccc(F)cc1F)N(C)CC1CNCCO1. The van der Waals surface area contributed by atoms with E-state index >= 15 is 0 Å². The second kappa shape index (κ2) is 6.41. The molecule has 19 heavy (non-hydrogen) atoms. The summed E-state index contributed by atoms with van der Waals surface area (Å²) in [5, 5.41) is 3.26. The molecule has 1 heterocycles. The zero-order valence-electron chi connectivity index (χ0n) is 11.3. The summed E-state index contributed by atoms with van der Waals surface area (Å²) < 4.78 is 32.3. The Morgan fingerprint density at radius 2 is 2.26 bits per heavy atom. The summed E-state index contributed by atoms with van der Waals surface area (Å²) in [5.74, 6) is -1.04. The van der Waals surface area contributed by atoms with Crippen LogP contribution in [0.1, 0.15) is 18.5 Å². The van der Waals surface area contributed by atoms with E-state index in [-0.39, 0.29) is 12.1 Å². The number of nitrogens with one attached hydrogen (secondary N) is 1. The van der Waals surface area contributed by atoms with Crippen LogP contribution in [-0.2, 0) is 4.74 Å². The second-order valence-corrected chi connectivity index (χ2v) is 4.98. The standard InChI is InChI=1S/C14H20F2N2O/c1-10(13-4-3-11(15)7-14(13)16)18(2)9-12-8-17-5-6-19-12/h3-4,7,10,12,17H,5-6,8-9H2,1-2H3. The fourth-order valence-electron chi connectivity index (χ4n) is 2.29. The average Bonchev–Trinajstić information content (AvgIpc) is 2.39. The Balaban J connectivity index is 1.99. The smallest absolute Gasteiger partial charge is 0.130 e. The van der Waals surface area contributed by atoms with Gasteiger partial charge in [-0.3, -0.25) is 4.90 Å². The minimum Gasteiger partial charge on any atom is -0.374 e. The van der Waals surface area contributed by atoms with Crippen molar-refractivity contribution in [3.63, 3.8) is 0 Å². The molecule has 1 N–H and O–H groups in total. The van der Waals surface area contributed by atoms with E-state index in [0.29, 0.717) is 18.7 Å². The first-order valence-corrected chi connectivity index (χ1v) is 6.55. The summed E-state index contributed by atoms with van der Waals surface area (Å²) in [5.41, 5.74) is 0.507. The molecule has 2 atom stereocenters. The molecule has 1 aromatic rings. The van der Waals surface area contributed by atoms with Gasteiger partial charge < -0.3 is 10.1 Å². The van der Waals surface area contributed by atoms with Crippen LogP contribution in [-0.4, -0.2) is 44.3 Å². The van der Waals surface area contributed by atoms with Crippen molar-refractivity contribution in [2.24, 2.45) is 0 Å². The van der Waals surface area contributed by atoms with Gasteiger partial charge in [0.25, 0.3) is 0 Å². The molecule has 5 heteroatoms. The monoisotopic (exact) mass is 270 g/mol. The van der Waals surface area contributed by atoms with Crippen LogP contribution in [0.3, 0.4) is 0 Å². The number of benzene rings is 1. The van der Waals surface area contributed by atoms with Gasteiger partial charge in [0.05, 0.1) is 12.7 Å². The molecule has 0 aliphatic carbocycles.